The smallest absolute Gasteiger partial charge is 0.290 e. The van der Waals surface area contributed by atoms with Crippen LogP contribution in [0.1, 0.15) is 6.92 Å². The van der Waals surface area contributed by atoms with Crippen LogP contribution in [0.4, 0.5) is 11.4 Å². The van der Waals surface area contributed by atoms with E-state index >= 15 is 0 Å². The van der Waals surface area contributed by atoms with Gasteiger partial charge in [-0.1, -0.05) is 0 Å². The first-order valence-corrected chi connectivity index (χ1v) is 5.62. The lowest BCUT2D eigenvalue weighted by Crippen LogP contribution is -2.32. The monoisotopic (exact) mass is 246 g/mol. The van der Waals surface area contributed by atoms with Gasteiger partial charge in [0.1, 0.15) is 0 Å². The lowest BCUT2D eigenvalue weighted by Gasteiger charge is -2.07. The van der Waals surface area contributed by atoms with Crippen molar-refractivity contribution in [2.75, 3.05) is 23.7 Å². The minimum absolute atomic E-state index is 0.128. The number of aliphatic imine (C=N–C) groups is 1. The Morgan fingerprint density at radius 1 is 1.17 bits per heavy atom. The molecule has 3 N–H and O–H groups in total. The molecular weight excluding hydrogens is 232 g/mol. The van der Waals surface area contributed by atoms with Crippen molar-refractivity contribution in [1.29, 1.82) is 0 Å². The standard InChI is InChI=1S/C12H14N4O2/c1-8(17)15-9-2-4-10(5-3-9)16-12(18)11-13-6-7-14-11/h2-5H,6-7H2,1H3,(H,13,14)(H,15,17)(H,16,18). The second-order valence-corrected chi connectivity index (χ2v) is 3.87. The van der Waals surface area contributed by atoms with Gasteiger partial charge in [0.25, 0.3) is 5.91 Å². The Morgan fingerprint density at radius 3 is 2.28 bits per heavy atom. The van der Waals surface area contributed by atoms with Gasteiger partial charge in [-0.2, -0.15) is 0 Å². The van der Waals surface area contributed by atoms with E-state index in [2.05, 4.69) is 20.9 Å². The Balaban J connectivity index is 1.97. The van der Waals surface area contributed by atoms with Gasteiger partial charge in [0.2, 0.25) is 5.91 Å². The largest absolute Gasteiger partial charge is 0.364 e. The number of anilines is 2. The predicted octanol–water partition coefficient (Wildman–Crippen LogP) is 0.585. The van der Waals surface area contributed by atoms with Gasteiger partial charge in [-0.25, -0.2) is 0 Å². The Bertz CT molecular complexity index is 493. The lowest BCUT2D eigenvalue weighted by molar-refractivity contribution is -0.114. The summed E-state index contributed by atoms with van der Waals surface area (Å²) < 4.78 is 0. The summed E-state index contributed by atoms with van der Waals surface area (Å²) >= 11 is 0. The van der Waals surface area contributed by atoms with Gasteiger partial charge in [0.15, 0.2) is 5.84 Å². The Kier molecular flexibility index (Phi) is 3.57. The fourth-order valence-corrected chi connectivity index (χ4v) is 1.58. The van der Waals surface area contributed by atoms with Crippen molar-refractivity contribution in [3.8, 4) is 0 Å². The summed E-state index contributed by atoms with van der Waals surface area (Å²) in [4.78, 5) is 26.6. The van der Waals surface area contributed by atoms with E-state index in [0.717, 1.165) is 0 Å². The van der Waals surface area contributed by atoms with Gasteiger partial charge in [-0.15, -0.1) is 0 Å². The number of amidine groups is 1. The molecule has 2 amide bonds. The molecule has 1 heterocycles. The number of hydrogen-bond acceptors (Lipinski definition) is 4. The molecule has 0 bridgehead atoms. The van der Waals surface area contributed by atoms with E-state index < -0.39 is 0 Å². The molecule has 1 aromatic rings. The fourth-order valence-electron chi connectivity index (χ4n) is 1.58. The molecule has 1 aromatic carbocycles. The average molecular weight is 246 g/mol. The maximum Gasteiger partial charge on any atom is 0.290 e. The van der Waals surface area contributed by atoms with Gasteiger partial charge in [0, 0.05) is 24.8 Å². The molecule has 2 rings (SSSR count). The summed E-state index contributed by atoms with van der Waals surface area (Å²) in [6.45, 7) is 2.77. The van der Waals surface area contributed by atoms with Crippen LogP contribution in [-0.4, -0.2) is 30.7 Å². The molecule has 0 spiro atoms. The van der Waals surface area contributed by atoms with E-state index in [-0.39, 0.29) is 11.8 Å². The van der Waals surface area contributed by atoms with Crippen molar-refractivity contribution in [2.24, 2.45) is 4.99 Å². The van der Waals surface area contributed by atoms with Crippen molar-refractivity contribution in [3.63, 3.8) is 0 Å². The van der Waals surface area contributed by atoms with Crippen LogP contribution in [0, 0.1) is 0 Å². The second kappa shape index (κ2) is 5.31. The number of nitrogens with zero attached hydrogens (tertiary/aromatic N) is 1. The van der Waals surface area contributed by atoms with Crippen molar-refractivity contribution < 1.29 is 9.59 Å². The van der Waals surface area contributed by atoms with Crippen LogP contribution < -0.4 is 16.0 Å². The quantitative estimate of drug-likeness (QED) is 0.729. The molecule has 0 saturated heterocycles. The average Bonchev–Trinajstić information content (AvgIpc) is 2.84. The van der Waals surface area contributed by atoms with Crippen molar-refractivity contribution >= 4 is 29.0 Å². The maximum atomic E-state index is 11.7. The zero-order chi connectivity index (χ0) is 13.0. The Labute approximate surface area is 104 Å². The maximum absolute atomic E-state index is 11.7. The number of carbonyl (C=O) groups is 2. The minimum atomic E-state index is -0.250. The van der Waals surface area contributed by atoms with Crippen LogP contribution >= 0.6 is 0 Å². The summed E-state index contributed by atoms with van der Waals surface area (Å²) in [7, 11) is 0. The van der Waals surface area contributed by atoms with Crippen LogP contribution in [0.3, 0.4) is 0 Å². The first-order chi connectivity index (χ1) is 8.65. The summed E-state index contributed by atoms with van der Waals surface area (Å²) in [5.74, 6) is -0.0167. The third-order valence-electron chi connectivity index (χ3n) is 2.35. The predicted molar refractivity (Wildman–Crippen MR) is 69.7 cm³/mol. The molecule has 0 aliphatic carbocycles. The summed E-state index contributed by atoms with van der Waals surface area (Å²) in [5, 5.41) is 8.27. The molecule has 6 heteroatoms. The highest BCUT2D eigenvalue weighted by Gasteiger charge is 2.14. The molecule has 0 atom stereocenters. The number of carbonyl (C=O) groups excluding carboxylic acids is 2. The zero-order valence-electron chi connectivity index (χ0n) is 9.99. The molecule has 0 aromatic heterocycles. The third kappa shape index (κ3) is 3.07. The number of rotatable bonds is 3. The zero-order valence-corrected chi connectivity index (χ0v) is 9.99. The lowest BCUT2D eigenvalue weighted by atomic mass is 10.2. The van der Waals surface area contributed by atoms with E-state index in [4.69, 9.17) is 0 Å². The number of benzene rings is 1. The Morgan fingerprint density at radius 2 is 1.78 bits per heavy atom. The Hall–Kier alpha value is -2.37. The van der Waals surface area contributed by atoms with E-state index in [9.17, 15) is 9.59 Å². The minimum Gasteiger partial charge on any atom is -0.364 e. The van der Waals surface area contributed by atoms with Crippen LogP contribution in [0.5, 0.6) is 0 Å². The van der Waals surface area contributed by atoms with Gasteiger partial charge in [0.05, 0.1) is 6.54 Å². The summed E-state index contributed by atoms with van der Waals surface area (Å²) in [5.41, 5.74) is 1.35. The topological polar surface area (TPSA) is 82.6 Å². The highest BCUT2D eigenvalue weighted by Crippen LogP contribution is 2.13. The molecule has 1 aliphatic heterocycles. The molecule has 18 heavy (non-hydrogen) atoms. The molecular formula is C12H14N4O2. The van der Waals surface area contributed by atoms with Gasteiger partial charge in [-0.3, -0.25) is 14.6 Å². The van der Waals surface area contributed by atoms with Crippen LogP contribution in [0.15, 0.2) is 29.3 Å². The van der Waals surface area contributed by atoms with Crippen LogP contribution in [0.25, 0.3) is 0 Å². The van der Waals surface area contributed by atoms with E-state index in [1.807, 2.05) is 0 Å². The first kappa shape index (κ1) is 12.1. The molecule has 0 fully saturated rings. The number of hydrogen-bond donors (Lipinski definition) is 3. The van der Waals surface area contributed by atoms with Gasteiger partial charge >= 0.3 is 0 Å². The third-order valence-corrected chi connectivity index (χ3v) is 2.35. The highest BCUT2D eigenvalue weighted by molar-refractivity contribution is 6.42. The van der Waals surface area contributed by atoms with Crippen LogP contribution in [0.2, 0.25) is 0 Å². The van der Waals surface area contributed by atoms with Crippen molar-refractivity contribution in [1.82, 2.24) is 5.32 Å². The second-order valence-electron chi connectivity index (χ2n) is 3.87. The molecule has 1 aliphatic rings. The summed E-state index contributed by atoms with van der Waals surface area (Å²) in [6.07, 6.45) is 0. The van der Waals surface area contributed by atoms with Gasteiger partial charge < -0.3 is 16.0 Å². The van der Waals surface area contributed by atoms with E-state index in [0.29, 0.717) is 30.3 Å². The SMILES string of the molecule is CC(=O)Nc1ccc(NC(=O)C2=NCCN2)cc1. The summed E-state index contributed by atoms with van der Waals surface area (Å²) in [6, 6.07) is 6.89. The van der Waals surface area contributed by atoms with Crippen molar-refractivity contribution in [3.05, 3.63) is 24.3 Å². The van der Waals surface area contributed by atoms with Crippen LogP contribution in [-0.2, 0) is 9.59 Å². The fraction of sp³-hybridized carbons (Fsp3) is 0.250. The molecule has 0 unspecified atom stereocenters. The molecule has 94 valence electrons. The normalized spacial score (nSPS) is 13.5. The first-order valence-electron chi connectivity index (χ1n) is 5.62. The number of amides is 2. The molecule has 6 nitrogen and oxygen atoms in total. The number of nitrogens with one attached hydrogen (secondary N) is 3. The molecule has 0 radical (unpaired) electrons. The van der Waals surface area contributed by atoms with Crippen molar-refractivity contribution in [2.45, 2.75) is 6.92 Å². The highest BCUT2D eigenvalue weighted by atomic mass is 16.2. The molecule has 0 saturated carbocycles. The van der Waals surface area contributed by atoms with Gasteiger partial charge in [-0.05, 0) is 24.3 Å². The van der Waals surface area contributed by atoms with E-state index in [1.165, 1.54) is 6.92 Å². The van der Waals surface area contributed by atoms with E-state index in [1.54, 1.807) is 24.3 Å².